The highest BCUT2D eigenvalue weighted by molar-refractivity contribution is 5.98. The molecule has 7 heteroatoms. The van der Waals surface area contributed by atoms with Crippen molar-refractivity contribution in [1.29, 1.82) is 0 Å². The molecule has 136 valence electrons. The summed E-state index contributed by atoms with van der Waals surface area (Å²) in [7, 11) is 3.19. The molecule has 7 nitrogen and oxygen atoms in total. The van der Waals surface area contributed by atoms with Crippen molar-refractivity contribution in [3.63, 3.8) is 0 Å². The van der Waals surface area contributed by atoms with Crippen molar-refractivity contribution in [2.24, 2.45) is 24.8 Å². The Balaban J connectivity index is 1.34. The molecule has 4 bridgehead atoms. The first kappa shape index (κ1) is 16.4. The van der Waals surface area contributed by atoms with Crippen LogP contribution < -0.4 is 15.4 Å². The smallest absolute Gasteiger partial charge is 0.258 e. The van der Waals surface area contributed by atoms with Crippen LogP contribution in [0.4, 0.5) is 0 Å². The van der Waals surface area contributed by atoms with Crippen LogP contribution in [0.3, 0.4) is 0 Å². The number of aryl methyl sites for hydroxylation is 1. The van der Waals surface area contributed by atoms with E-state index in [0.29, 0.717) is 5.56 Å². The molecule has 0 aliphatic heterocycles. The average molecular weight is 346 g/mol. The van der Waals surface area contributed by atoms with Gasteiger partial charge >= 0.3 is 0 Å². The SMILES string of the molecule is COc1nn(C)cc1C(=O)NCC(=O)NC12CC3CC(CC(C3)C1)C2. The van der Waals surface area contributed by atoms with Gasteiger partial charge in [-0.1, -0.05) is 0 Å². The Bertz CT molecular complexity index is 661. The zero-order chi connectivity index (χ0) is 17.6. The van der Waals surface area contributed by atoms with Crippen LogP contribution >= 0.6 is 0 Å². The summed E-state index contributed by atoms with van der Waals surface area (Å²) >= 11 is 0. The van der Waals surface area contributed by atoms with E-state index in [0.717, 1.165) is 37.0 Å². The number of amides is 2. The van der Waals surface area contributed by atoms with Crippen molar-refractivity contribution in [3.05, 3.63) is 11.8 Å². The molecule has 1 heterocycles. The fourth-order valence-corrected chi connectivity index (χ4v) is 5.63. The van der Waals surface area contributed by atoms with Crippen molar-refractivity contribution < 1.29 is 14.3 Å². The van der Waals surface area contributed by atoms with Crippen molar-refractivity contribution in [3.8, 4) is 5.88 Å². The highest BCUT2D eigenvalue weighted by atomic mass is 16.5. The zero-order valence-electron chi connectivity index (χ0n) is 14.9. The number of nitrogens with zero attached hydrogens (tertiary/aromatic N) is 2. The van der Waals surface area contributed by atoms with Crippen molar-refractivity contribution >= 4 is 11.8 Å². The monoisotopic (exact) mass is 346 g/mol. The van der Waals surface area contributed by atoms with E-state index in [1.54, 1.807) is 13.2 Å². The largest absolute Gasteiger partial charge is 0.479 e. The molecule has 0 aromatic carbocycles. The maximum atomic E-state index is 12.4. The van der Waals surface area contributed by atoms with Crippen LogP contribution in [0.15, 0.2) is 6.20 Å². The number of carbonyl (C=O) groups excluding carboxylic acids is 2. The predicted octanol–water partition coefficient (Wildman–Crippen LogP) is 1.24. The zero-order valence-corrected chi connectivity index (χ0v) is 14.9. The lowest BCUT2D eigenvalue weighted by Crippen LogP contribution is -2.61. The Hall–Kier alpha value is -2.05. The molecule has 5 rings (SSSR count). The molecule has 2 N–H and O–H groups in total. The van der Waals surface area contributed by atoms with E-state index >= 15 is 0 Å². The highest BCUT2D eigenvalue weighted by Gasteiger charge is 2.51. The van der Waals surface area contributed by atoms with Gasteiger partial charge in [-0.3, -0.25) is 14.3 Å². The first-order valence-electron chi connectivity index (χ1n) is 9.13. The lowest BCUT2D eigenvalue weighted by Gasteiger charge is -2.56. The molecule has 4 fully saturated rings. The van der Waals surface area contributed by atoms with Crippen molar-refractivity contribution in [2.45, 2.75) is 44.1 Å². The first-order valence-corrected chi connectivity index (χ1v) is 9.13. The molecule has 4 aliphatic carbocycles. The van der Waals surface area contributed by atoms with Gasteiger partial charge in [-0.2, -0.15) is 0 Å². The Labute approximate surface area is 147 Å². The van der Waals surface area contributed by atoms with E-state index in [4.69, 9.17) is 4.74 Å². The molecule has 25 heavy (non-hydrogen) atoms. The second-order valence-electron chi connectivity index (χ2n) is 8.15. The summed E-state index contributed by atoms with van der Waals surface area (Å²) in [4.78, 5) is 24.7. The summed E-state index contributed by atoms with van der Waals surface area (Å²) < 4.78 is 6.61. The van der Waals surface area contributed by atoms with Gasteiger partial charge in [-0.05, 0) is 56.3 Å². The summed E-state index contributed by atoms with van der Waals surface area (Å²) in [5, 5.41) is 10.0. The molecule has 0 unspecified atom stereocenters. The lowest BCUT2D eigenvalue weighted by atomic mass is 9.53. The van der Waals surface area contributed by atoms with Gasteiger partial charge in [0.15, 0.2) is 0 Å². The van der Waals surface area contributed by atoms with Gasteiger partial charge in [-0.15, -0.1) is 5.10 Å². The molecule has 1 aromatic rings. The number of nitrogens with one attached hydrogen (secondary N) is 2. The van der Waals surface area contributed by atoms with E-state index in [1.165, 1.54) is 31.1 Å². The molecule has 0 radical (unpaired) electrons. The van der Waals surface area contributed by atoms with Gasteiger partial charge in [0.2, 0.25) is 11.8 Å². The highest BCUT2D eigenvalue weighted by Crippen LogP contribution is 2.55. The van der Waals surface area contributed by atoms with Crippen LogP contribution in [0, 0.1) is 17.8 Å². The molecular weight excluding hydrogens is 320 g/mol. The molecule has 0 atom stereocenters. The molecule has 2 amide bonds. The molecule has 0 spiro atoms. The van der Waals surface area contributed by atoms with E-state index in [9.17, 15) is 9.59 Å². The van der Waals surface area contributed by atoms with Crippen molar-refractivity contribution in [1.82, 2.24) is 20.4 Å². The Morgan fingerprint density at radius 2 is 1.84 bits per heavy atom. The number of methoxy groups -OCH3 is 1. The Morgan fingerprint density at radius 1 is 1.24 bits per heavy atom. The third kappa shape index (κ3) is 3.12. The van der Waals surface area contributed by atoms with E-state index in [-0.39, 0.29) is 29.8 Å². The third-order valence-corrected chi connectivity index (χ3v) is 6.09. The number of aromatic nitrogens is 2. The minimum absolute atomic E-state index is 0.0152. The second-order valence-corrected chi connectivity index (χ2v) is 8.15. The number of hydrogen-bond donors (Lipinski definition) is 2. The average Bonchev–Trinajstić information content (AvgIpc) is 2.92. The summed E-state index contributed by atoms with van der Waals surface area (Å²) in [6.07, 6.45) is 8.93. The van der Waals surface area contributed by atoms with E-state index in [1.807, 2.05) is 0 Å². The maximum Gasteiger partial charge on any atom is 0.258 e. The standard InChI is InChI=1S/C18H26N4O3/c1-22-10-14(17(21-22)25-2)16(24)19-9-15(23)20-18-6-11-3-12(7-18)5-13(4-11)8-18/h10-13H,3-9H2,1-2H3,(H,19,24)(H,20,23). The summed E-state index contributed by atoms with van der Waals surface area (Å²) in [5.74, 6) is 2.16. The number of ether oxygens (including phenoxy) is 1. The Kier molecular flexibility index (Phi) is 3.96. The van der Waals surface area contributed by atoms with E-state index in [2.05, 4.69) is 15.7 Å². The number of hydrogen-bond acceptors (Lipinski definition) is 4. The van der Waals surface area contributed by atoms with Crippen LogP contribution in [-0.4, -0.2) is 40.8 Å². The predicted molar refractivity (Wildman–Crippen MR) is 91.1 cm³/mol. The molecule has 1 aromatic heterocycles. The molecule has 4 aliphatic rings. The Morgan fingerprint density at radius 3 is 2.40 bits per heavy atom. The van der Waals surface area contributed by atoms with Crippen LogP contribution in [0.5, 0.6) is 5.88 Å². The third-order valence-electron chi connectivity index (χ3n) is 6.09. The topological polar surface area (TPSA) is 85.2 Å². The van der Waals surface area contributed by atoms with E-state index < -0.39 is 0 Å². The van der Waals surface area contributed by atoms with Gasteiger partial charge in [0.25, 0.3) is 5.91 Å². The maximum absolute atomic E-state index is 12.4. The minimum atomic E-state index is -0.342. The normalized spacial score (nSPS) is 32.5. The minimum Gasteiger partial charge on any atom is -0.479 e. The van der Waals surface area contributed by atoms with Gasteiger partial charge in [0, 0.05) is 18.8 Å². The quantitative estimate of drug-likeness (QED) is 0.840. The van der Waals surface area contributed by atoms with Crippen LogP contribution in [0.25, 0.3) is 0 Å². The second kappa shape index (κ2) is 6.04. The van der Waals surface area contributed by atoms with Gasteiger partial charge in [0.05, 0.1) is 13.7 Å². The van der Waals surface area contributed by atoms with Gasteiger partial charge < -0.3 is 15.4 Å². The summed E-state index contributed by atoms with van der Waals surface area (Å²) in [6.45, 7) is -0.0152. The molecular formula is C18H26N4O3. The molecule has 0 saturated heterocycles. The van der Waals surface area contributed by atoms with Crippen LogP contribution in [0.1, 0.15) is 48.9 Å². The number of carbonyl (C=O) groups is 2. The van der Waals surface area contributed by atoms with Gasteiger partial charge in [0.1, 0.15) is 5.56 Å². The fraction of sp³-hybridized carbons (Fsp3) is 0.722. The summed E-state index contributed by atoms with van der Waals surface area (Å²) in [6, 6.07) is 0. The van der Waals surface area contributed by atoms with Crippen molar-refractivity contribution in [2.75, 3.05) is 13.7 Å². The lowest BCUT2D eigenvalue weighted by molar-refractivity contribution is -0.125. The summed E-state index contributed by atoms with van der Waals surface area (Å²) in [5.41, 5.74) is 0.315. The number of rotatable bonds is 5. The molecule has 4 saturated carbocycles. The first-order chi connectivity index (χ1) is 12.0. The van der Waals surface area contributed by atoms with Crippen LogP contribution in [-0.2, 0) is 11.8 Å². The van der Waals surface area contributed by atoms with Crippen LogP contribution in [0.2, 0.25) is 0 Å². The van der Waals surface area contributed by atoms with Gasteiger partial charge in [-0.25, -0.2) is 0 Å². The fourth-order valence-electron chi connectivity index (χ4n) is 5.63.